The molecule has 0 spiro atoms. The summed E-state index contributed by atoms with van der Waals surface area (Å²) in [6.07, 6.45) is 12.8. The topological polar surface area (TPSA) is 21.6 Å². The molecule has 2 saturated carbocycles. The van der Waals surface area contributed by atoms with E-state index in [1.807, 2.05) is 0 Å². The SMILES string of the molecule is C1CCCC1.CC(C)[C@H]1COC(C2CCCC2)=N1.[Fe]. The number of nitrogens with zero attached hydrogens (tertiary/aromatic N) is 1. The Morgan fingerprint density at radius 2 is 1.47 bits per heavy atom. The van der Waals surface area contributed by atoms with Gasteiger partial charge in [0.05, 0.1) is 6.04 Å². The smallest absolute Gasteiger partial charge is 0.186 e. The van der Waals surface area contributed by atoms with Crippen LogP contribution in [0.3, 0.4) is 0 Å². The van der Waals surface area contributed by atoms with E-state index in [1.54, 1.807) is 0 Å². The molecule has 2 nitrogen and oxygen atoms in total. The van der Waals surface area contributed by atoms with Crippen molar-refractivity contribution in [1.82, 2.24) is 0 Å². The van der Waals surface area contributed by atoms with Gasteiger partial charge >= 0.3 is 0 Å². The van der Waals surface area contributed by atoms with Gasteiger partial charge in [-0.15, -0.1) is 0 Å². The molecule has 0 unspecified atom stereocenters. The second kappa shape index (κ2) is 9.02. The molecule has 112 valence electrons. The van der Waals surface area contributed by atoms with E-state index in [-0.39, 0.29) is 17.1 Å². The maximum atomic E-state index is 5.66. The average Bonchev–Trinajstić information content (AvgIpc) is 3.14. The van der Waals surface area contributed by atoms with Crippen LogP contribution in [-0.2, 0) is 21.8 Å². The number of rotatable bonds is 2. The summed E-state index contributed by atoms with van der Waals surface area (Å²) in [7, 11) is 0. The van der Waals surface area contributed by atoms with Gasteiger partial charge in [0.1, 0.15) is 6.61 Å². The number of ether oxygens (including phenoxy) is 1. The molecule has 0 saturated heterocycles. The Kier molecular flexibility index (Phi) is 8.09. The summed E-state index contributed by atoms with van der Waals surface area (Å²) in [5, 5.41) is 0. The largest absolute Gasteiger partial charge is 0.478 e. The van der Waals surface area contributed by atoms with Crippen molar-refractivity contribution in [2.75, 3.05) is 6.61 Å². The van der Waals surface area contributed by atoms with Gasteiger partial charge in [-0.05, 0) is 18.8 Å². The fourth-order valence-electron chi connectivity index (χ4n) is 3.03. The van der Waals surface area contributed by atoms with Crippen LogP contribution in [0.4, 0.5) is 0 Å². The average molecular weight is 307 g/mol. The second-order valence-electron chi connectivity index (χ2n) is 6.34. The van der Waals surface area contributed by atoms with Gasteiger partial charge in [-0.1, -0.05) is 58.8 Å². The van der Waals surface area contributed by atoms with Gasteiger partial charge in [-0.3, -0.25) is 0 Å². The molecule has 0 aromatic heterocycles. The molecule has 3 heteroatoms. The molecule has 3 aliphatic rings. The van der Waals surface area contributed by atoms with Gasteiger partial charge < -0.3 is 4.74 Å². The van der Waals surface area contributed by atoms with E-state index in [0.29, 0.717) is 17.9 Å². The molecule has 1 atom stereocenters. The summed E-state index contributed by atoms with van der Waals surface area (Å²) in [4.78, 5) is 4.66. The van der Waals surface area contributed by atoms with Crippen LogP contribution in [0, 0.1) is 11.8 Å². The predicted molar refractivity (Wildman–Crippen MR) is 77.1 cm³/mol. The van der Waals surface area contributed by atoms with E-state index in [0.717, 1.165) is 12.5 Å². The Morgan fingerprint density at radius 3 is 1.89 bits per heavy atom. The summed E-state index contributed by atoms with van der Waals surface area (Å²) in [5.74, 6) is 2.35. The molecule has 3 rings (SSSR count). The van der Waals surface area contributed by atoms with Gasteiger partial charge in [0.15, 0.2) is 5.90 Å². The van der Waals surface area contributed by atoms with Gasteiger partial charge in [0.2, 0.25) is 0 Å². The molecule has 0 radical (unpaired) electrons. The first-order chi connectivity index (χ1) is 8.77. The summed E-state index contributed by atoms with van der Waals surface area (Å²) in [6, 6.07) is 0.426. The minimum absolute atomic E-state index is 0. The molecule has 2 aliphatic carbocycles. The van der Waals surface area contributed by atoms with Crippen molar-refractivity contribution in [3.8, 4) is 0 Å². The van der Waals surface area contributed by atoms with E-state index in [9.17, 15) is 0 Å². The molecule has 1 aliphatic heterocycles. The van der Waals surface area contributed by atoms with Crippen molar-refractivity contribution in [3.05, 3.63) is 0 Å². The third-order valence-corrected chi connectivity index (χ3v) is 4.42. The van der Waals surface area contributed by atoms with Gasteiger partial charge in [-0.2, -0.15) is 0 Å². The number of hydrogen-bond donors (Lipinski definition) is 0. The summed E-state index contributed by atoms with van der Waals surface area (Å²) in [6.45, 7) is 5.26. The van der Waals surface area contributed by atoms with Crippen LogP contribution in [0.5, 0.6) is 0 Å². The fourth-order valence-corrected chi connectivity index (χ4v) is 3.03. The Hall–Kier alpha value is -0.0105. The van der Waals surface area contributed by atoms with Crippen molar-refractivity contribution in [1.29, 1.82) is 0 Å². The van der Waals surface area contributed by atoms with E-state index in [2.05, 4.69) is 18.8 Å². The van der Waals surface area contributed by atoms with Gasteiger partial charge in [0.25, 0.3) is 0 Å². The van der Waals surface area contributed by atoms with Crippen LogP contribution in [0.2, 0.25) is 0 Å². The first kappa shape index (κ1) is 17.0. The molecule has 0 amide bonds. The molecular formula is C16H29FeNO. The number of aliphatic imine (C=N–C) groups is 1. The zero-order valence-electron chi connectivity index (χ0n) is 12.5. The third-order valence-electron chi connectivity index (χ3n) is 4.42. The molecule has 0 aromatic rings. The van der Waals surface area contributed by atoms with Crippen LogP contribution in [0.15, 0.2) is 4.99 Å². The molecule has 2 fully saturated rings. The molecule has 0 bridgehead atoms. The minimum Gasteiger partial charge on any atom is -0.478 e. The van der Waals surface area contributed by atoms with Crippen LogP contribution in [0.1, 0.15) is 71.6 Å². The Morgan fingerprint density at radius 1 is 0.947 bits per heavy atom. The van der Waals surface area contributed by atoms with Gasteiger partial charge in [0, 0.05) is 23.0 Å². The normalized spacial score (nSPS) is 26.5. The van der Waals surface area contributed by atoms with Crippen molar-refractivity contribution < 1.29 is 21.8 Å². The van der Waals surface area contributed by atoms with E-state index >= 15 is 0 Å². The monoisotopic (exact) mass is 307 g/mol. The minimum atomic E-state index is 0. The van der Waals surface area contributed by atoms with Crippen molar-refractivity contribution in [2.45, 2.75) is 77.7 Å². The first-order valence-electron chi connectivity index (χ1n) is 7.98. The van der Waals surface area contributed by atoms with Crippen molar-refractivity contribution in [3.63, 3.8) is 0 Å². The van der Waals surface area contributed by atoms with E-state index in [1.165, 1.54) is 57.8 Å². The Bertz CT molecular complexity index is 260. The molecule has 1 heterocycles. The maximum Gasteiger partial charge on any atom is 0.186 e. The fraction of sp³-hybridized carbons (Fsp3) is 0.938. The van der Waals surface area contributed by atoms with Crippen LogP contribution in [-0.4, -0.2) is 18.5 Å². The molecule has 0 N–H and O–H groups in total. The predicted octanol–water partition coefficient (Wildman–Crippen LogP) is 4.58. The second-order valence-corrected chi connectivity index (χ2v) is 6.34. The maximum absolute atomic E-state index is 5.66. The van der Waals surface area contributed by atoms with E-state index < -0.39 is 0 Å². The Labute approximate surface area is 129 Å². The number of hydrogen-bond acceptors (Lipinski definition) is 2. The van der Waals surface area contributed by atoms with E-state index in [4.69, 9.17) is 4.74 Å². The quantitative estimate of drug-likeness (QED) is 0.684. The first-order valence-corrected chi connectivity index (χ1v) is 7.98. The van der Waals surface area contributed by atoms with Crippen LogP contribution < -0.4 is 0 Å². The molecule has 19 heavy (non-hydrogen) atoms. The summed E-state index contributed by atoms with van der Waals surface area (Å²) in [5.41, 5.74) is 0. The summed E-state index contributed by atoms with van der Waals surface area (Å²) >= 11 is 0. The third kappa shape index (κ3) is 5.47. The molecule has 0 aromatic carbocycles. The van der Waals surface area contributed by atoms with Crippen molar-refractivity contribution in [2.24, 2.45) is 16.8 Å². The van der Waals surface area contributed by atoms with Crippen LogP contribution >= 0.6 is 0 Å². The van der Waals surface area contributed by atoms with Crippen LogP contribution in [0.25, 0.3) is 0 Å². The standard InChI is InChI=1S/C11H19NO.C5H10.Fe/c1-8(2)10-7-13-11(12-10)9-5-3-4-6-9;1-2-4-5-3-1;/h8-10H,3-7H2,1-2H3;1-5H2;/t10-;;/m1../s1. The molecular weight excluding hydrogens is 278 g/mol. The van der Waals surface area contributed by atoms with Gasteiger partial charge in [-0.25, -0.2) is 4.99 Å². The summed E-state index contributed by atoms with van der Waals surface area (Å²) < 4.78 is 5.66. The van der Waals surface area contributed by atoms with Crippen molar-refractivity contribution >= 4 is 5.90 Å². The zero-order chi connectivity index (χ0) is 12.8. The zero-order valence-corrected chi connectivity index (χ0v) is 13.6. The Balaban J connectivity index is 0.000000256.